The highest BCUT2D eigenvalue weighted by atomic mass is 32.2. The zero-order valence-electron chi connectivity index (χ0n) is 12.7. The maximum Gasteiger partial charge on any atom is 0.168 e. The van der Waals surface area contributed by atoms with E-state index in [9.17, 15) is 9.90 Å². The van der Waals surface area contributed by atoms with E-state index in [2.05, 4.69) is 17.1 Å². The topological polar surface area (TPSA) is 49.7 Å². The Morgan fingerprint density at radius 1 is 1.29 bits per heavy atom. The second-order valence-corrected chi connectivity index (χ2v) is 7.00. The maximum atomic E-state index is 12.0. The number of allylic oxidation sites excluding steroid dienone is 2. The summed E-state index contributed by atoms with van der Waals surface area (Å²) >= 11 is 1.70. The smallest absolute Gasteiger partial charge is 0.168 e. The number of nitrogens with zero attached hydrogens (tertiary/aromatic N) is 1. The quantitative estimate of drug-likeness (QED) is 0.670. The molecule has 1 aromatic rings. The molecule has 1 N–H and O–H groups in total. The standard InChI is InChI=1S/C17H21NO2S/c1-17(2)8-15(19)14(16(20)9-17)11-18-10-12-4-6-13(21-3)7-5-12/h4-7,11,19H,8-10H2,1-3H3. The fourth-order valence-electron chi connectivity index (χ4n) is 2.42. The van der Waals surface area contributed by atoms with Crippen LogP contribution in [0.2, 0.25) is 0 Å². The minimum atomic E-state index is -0.161. The molecule has 4 heteroatoms. The Morgan fingerprint density at radius 3 is 2.52 bits per heavy atom. The Balaban J connectivity index is 2.05. The van der Waals surface area contributed by atoms with Crippen LogP contribution < -0.4 is 0 Å². The number of benzene rings is 1. The first-order valence-corrected chi connectivity index (χ1v) is 8.22. The van der Waals surface area contributed by atoms with Crippen LogP contribution >= 0.6 is 11.8 Å². The third-order valence-corrected chi connectivity index (χ3v) is 4.29. The summed E-state index contributed by atoms with van der Waals surface area (Å²) < 4.78 is 0. The molecule has 112 valence electrons. The molecule has 0 fully saturated rings. The van der Waals surface area contributed by atoms with Crippen LogP contribution in [0, 0.1) is 5.41 Å². The van der Waals surface area contributed by atoms with E-state index >= 15 is 0 Å². The molecule has 0 bridgehead atoms. The van der Waals surface area contributed by atoms with E-state index in [1.54, 1.807) is 11.8 Å². The molecule has 0 radical (unpaired) electrons. The monoisotopic (exact) mass is 303 g/mol. The van der Waals surface area contributed by atoms with Gasteiger partial charge in [-0.25, -0.2) is 0 Å². The molecule has 1 aliphatic carbocycles. The van der Waals surface area contributed by atoms with Crippen molar-refractivity contribution in [2.75, 3.05) is 6.26 Å². The van der Waals surface area contributed by atoms with Crippen molar-refractivity contribution < 1.29 is 9.90 Å². The number of hydrogen-bond donors (Lipinski definition) is 1. The summed E-state index contributed by atoms with van der Waals surface area (Å²) in [5.74, 6) is 0.142. The minimum Gasteiger partial charge on any atom is -0.511 e. The molecule has 0 spiro atoms. The molecule has 2 rings (SSSR count). The largest absolute Gasteiger partial charge is 0.511 e. The molecular formula is C17H21NO2S. The van der Waals surface area contributed by atoms with Gasteiger partial charge in [0, 0.05) is 24.0 Å². The van der Waals surface area contributed by atoms with Gasteiger partial charge in [0.25, 0.3) is 0 Å². The average Bonchev–Trinajstić information content (AvgIpc) is 2.41. The zero-order chi connectivity index (χ0) is 15.5. The van der Waals surface area contributed by atoms with Crippen molar-refractivity contribution in [1.29, 1.82) is 0 Å². The van der Waals surface area contributed by atoms with Crippen molar-refractivity contribution in [3.8, 4) is 0 Å². The highest BCUT2D eigenvalue weighted by molar-refractivity contribution is 7.98. The SMILES string of the molecule is CSc1ccc(CN=CC2=C(O)CC(C)(C)CC2=O)cc1. The molecule has 0 amide bonds. The number of carbonyl (C=O) groups excluding carboxylic acids is 1. The van der Waals surface area contributed by atoms with Crippen molar-refractivity contribution in [3.63, 3.8) is 0 Å². The van der Waals surface area contributed by atoms with Crippen LogP contribution in [0.15, 0.2) is 45.5 Å². The van der Waals surface area contributed by atoms with Crippen LogP contribution in [0.4, 0.5) is 0 Å². The predicted octanol–water partition coefficient (Wildman–Crippen LogP) is 4.18. The van der Waals surface area contributed by atoms with Gasteiger partial charge in [-0.15, -0.1) is 11.8 Å². The van der Waals surface area contributed by atoms with Crippen molar-refractivity contribution in [2.24, 2.45) is 10.4 Å². The van der Waals surface area contributed by atoms with Crippen LogP contribution in [0.3, 0.4) is 0 Å². The lowest BCUT2D eigenvalue weighted by molar-refractivity contribution is -0.117. The minimum absolute atomic E-state index is 0.0229. The zero-order valence-corrected chi connectivity index (χ0v) is 13.5. The second kappa shape index (κ2) is 6.48. The van der Waals surface area contributed by atoms with Gasteiger partial charge in [-0.3, -0.25) is 9.79 Å². The summed E-state index contributed by atoms with van der Waals surface area (Å²) in [7, 11) is 0. The summed E-state index contributed by atoms with van der Waals surface area (Å²) in [5.41, 5.74) is 1.30. The number of thioether (sulfide) groups is 1. The summed E-state index contributed by atoms with van der Waals surface area (Å²) in [4.78, 5) is 17.5. The van der Waals surface area contributed by atoms with Crippen LogP contribution in [-0.4, -0.2) is 23.4 Å². The van der Waals surface area contributed by atoms with Gasteiger partial charge in [-0.2, -0.15) is 0 Å². The molecular weight excluding hydrogens is 282 g/mol. The molecule has 0 saturated carbocycles. The van der Waals surface area contributed by atoms with E-state index in [0.717, 1.165) is 5.56 Å². The first-order chi connectivity index (χ1) is 9.91. The summed E-state index contributed by atoms with van der Waals surface area (Å²) in [6.07, 6.45) is 4.55. The number of carbonyl (C=O) groups is 1. The molecule has 21 heavy (non-hydrogen) atoms. The lowest BCUT2D eigenvalue weighted by atomic mass is 9.77. The fourth-order valence-corrected chi connectivity index (χ4v) is 2.83. The highest BCUT2D eigenvalue weighted by Crippen LogP contribution is 2.35. The van der Waals surface area contributed by atoms with Crippen molar-refractivity contribution in [3.05, 3.63) is 41.2 Å². The van der Waals surface area contributed by atoms with E-state index in [-0.39, 0.29) is 17.0 Å². The van der Waals surface area contributed by atoms with Crippen molar-refractivity contribution in [2.45, 2.75) is 38.1 Å². The third kappa shape index (κ3) is 4.21. The normalized spacial score (nSPS) is 18.5. The van der Waals surface area contributed by atoms with Gasteiger partial charge >= 0.3 is 0 Å². The Hall–Kier alpha value is -1.55. The molecule has 1 aromatic carbocycles. The van der Waals surface area contributed by atoms with Gasteiger partial charge in [-0.1, -0.05) is 26.0 Å². The Kier molecular flexibility index (Phi) is 4.88. The van der Waals surface area contributed by atoms with E-state index in [1.165, 1.54) is 11.1 Å². The molecule has 0 saturated heterocycles. The van der Waals surface area contributed by atoms with Crippen LogP contribution in [0.5, 0.6) is 0 Å². The number of Topliss-reactive ketones (excluding diaryl/α,β-unsaturated/α-hetero) is 1. The van der Waals surface area contributed by atoms with Gasteiger partial charge in [0.05, 0.1) is 12.1 Å². The second-order valence-electron chi connectivity index (χ2n) is 6.12. The van der Waals surface area contributed by atoms with Crippen LogP contribution in [-0.2, 0) is 11.3 Å². The van der Waals surface area contributed by atoms with E-state index in [4.69, 9.17) is 0 Å². The Morgan fingerprint density at radius 2 is 1.95 bits per heavy atom. The van der Waals surface area contributed by atoms with Gasteiger partial charge in [0.2, 0.25) is 0 Å². The van der Waals surface area contributed by atoms with E-state index < -0.39 is 0 Å². The third-order valence-electron chi connectivity index (χ3n) is 3.55. The Labute approximate surface area is 130 Å². The number of rotatable bonds is 4. The van der Waals surface area contributed by atoms with Crippen LogP contribution in [0.25, 0.3) is 0 Å². The number of aliphatic hydroxyl groups excluding tert-OH is 1. The lowest BCUT2D eigenvalue weighted by Gasteiger charge is -2.28. The van der Waals surface area contributed by atoms with Gasteiger partial charge in [-0.05, 0) is 29.4 Å². The highest BCUT2D eigenvalue weighted by Gasteiger charge is 2.32. The molecule has 0 heterocycles. The summed E-state index contributed by atoms with van der Waals surface area (Å²) in [5, 5.41) is 10.0. The molecule has 0 unspecified atom stereocenters. The average molecular weight is 303 g/mol. The number of ketones is 1. The first kappa shape index (κ1) is 15.8. The molecule has 0 aliphatic heterocycles. The van der Waals surface area contributed by atoms with Gasteiger partial charge < -0.3 is 5.11 Å². The first-order valence-electron chi connectivity index (χ1n) is 6.99. The van der Waals surface area contributed by atoms with E-state index in [0.29, 0.717) is 25.0 Å². The van der Waals surface area contributed by atoms with Gasteiger partial charge in [0.1, 0.15) is 5.76 Å². The molecule has 0 atom stereocenters. The Bertz CT molecular complexity index is 585. The summed E-state index contributed by atoms with van der Waals surface area (Å²) in [6, 6.07) is 8.17. The van der Waals surface area contributed by atoms with E-state index in [1.807, 2.05) is 32.2 Å². The van der Waals surface area contributed by atoms with Gasteiger partial charge in [0.15, 0.2) is 5.78 Å². The number of hydrogen-bond acceptors (Lipinski definition) is 4. The van der Waals surface area contributed by atoms with Crippen LogP contribution in [0.1, 0.15) is 32.3 Å². The maximum absolute atomic E-state index is 12.0. The predicted molar refractivity (Wildman–Crippen MR) is 88.1 cm³/mol. The molecule has 3 nitrogen and oxygen atoms in total. The summed E-state index contributed by atoms with van der Waals surface area (Å²) in [6.45, 7) is 4.49. The number of aliphatic imine (C=N–C) groups is 1. The van der Waals surface area contributed by atoms with Crippen molar-refractivity contribution >= 4 is 23.8 Å². The number of aliphatic hydroxyl groups is 1. The lowest BCUT2D eigenvalue weighted by Crippen LogP contribution is -2.26. The fraction of sp³-hybridized carbons (Fsp3) is 0.412. The van der Waals surface area contributed by atoms with Crippen molar-refractivity contribution in [1.82, 2.24) is 0 Å². The molecule has 1 aliphatic rings. The molecule has 0 aromatic heterocycles.